The highest BCUT2D eigenvalue weighted by molar-refractivity contribution is 6.28. The quantitative estimate of drug-likeness (QED) is 0.686. The Morgan fingerprint density at radius 1 is 1.38 bits per heavy atom. The molecule has 1 N–H and O–H groups in total. The van der Waals surface area contributed by atoms with Crippen molar-refractivity contribution in [1.82, 2.24) is 9.97 Å². The molecule has 3 aliphatic carbocycles. The van der Waals surface area contributed by atoms with Gasteiger partial charge in [-0.15, -0.1) is 0 Å². The second-order valence-corrected chi connectivity index (χ2v) is 6.07. The number of carbonyl (C=O) groups is 1. The third kappa shape index (κ3) is 2.69. The summed E-state index contributed by atoms with van der Waals surface area (Å²) in [5, 5.41) is 3.06. The summed E-state index contributed by atoms with van der Waals surface area (Å²) in [6.07, 6.45) is 5.16. The molecular formula is C14H17ClFN3O2. The van der Waals surface area contributed by atoms with E-state index >= 15 is 0 Å². The molecule has 0 aliphatic heterocycles. The molecule has 0 spiro atoms. The van der Waals surface area contributed by atoms with E-state index in [2.05, 4.69) is 15.3 Å². The Balaban J connectivity index is 1.87. The van der Waals surface area contributed by atoms with Crippen LogP contribution in [0.5, 0.6) is 0 Å². The van der Waals surface area contributed by atoms with Gasteiger partial charge in [-0.1, -0.05) is 0 Å². The number of ether oxygens (including phenoxy) is 1. The molecule has 114 valence electrons. The molecule has 0 aromatic carbocycles. The van der Waals surface area contributed by atoms with Crippen LogP contribution in [0.25, 0.3) is 0 Å². The Bertz CT molecular complexity index is 549. The Hall–Kier alpha value is -1.43. The molecule has 0 saturated heterocycles. The standard InChI is InChI=1S/C14H17ClFN3O2/c1-21-13(20)10-7-2-4-8(5-3-7)11(10)18-12-9(16)6-17-14(15)19-12/h6-8,10-11H,2-5H2,1H3,(H,17,18,19). The number of hydrogen-bond acceptors (Lipinski definition) is 5. The first kappa shape index (κ1) is 14.5. The van der Waals surface area contributed by atoms with Gasteiger partial charge in [0.05, 0.1) is 19.2 Å². The summed E-state index contributed by atoms with van der Waals surface area (Å²) in [5.74, 6) is -0.378. The van der Waals surface area contributed by atoms with Crippen LogP contribution in [0, 0.1) is 23.6 Å². The van der Waals surface area contributed by atoms with E-state index in [0.29, 0.717) is 11.8 Å². The van der Waals surface area contributed by atoms with Crippen molar-refractivity contribution in [3.63, 3.8) is 0 Å². The number of carbonyl (C=O) groups excluding carboxylic acids is 1. The first-order chi connectivity index (χ1) is 10.1. The molecule has 2 atom stereocenters. The Morgan fingerprint density at radius 3 is 2.71 bits per heavy atom. The van der Waals surface area contributed by atoms with Crippen LogP contribution in [0.15, 0.2) is 6.20 Å². The first-order valence-corrected chi connectivity index (χ1v) is 7.50. The number of nitrogens with one attached hydrogen (secondary N) is 1. The molecule has 3 aliphatic rings. The third-order valence-electron chi connectivity index (χ3n) is 4.71. The van der Waals surface area contributed by atoms with Gasteiger partial charge in [0.25, 0.3) is 0 Å². The van der Waals surface area contributed by atoms with Gasteiger partial charge in [-0.25, -0.2) is 9.37 Å². The van der Waals surface area contributed by atoms with E-state index in [1.54, 1.807) is 0 Å². The van der Waals surface area contributed by atoms with Crippen molar-refractivity contribution < 1.29 is 13.9 Å². The van der Waals surface area contributed by atoms with Crippen molar-refractivity contribution in [1.29, 1.82) is 0 Å². The van der Waals surface area contributed by atoms with Crippen molar-refractivity contribution in [2.75, 3.05) is 12.4 Å². The lowest BCUT2D eigenvalue weighted by molar-refractivity contribution is -0.152. The number of nitrogens with zero attached hydrogens (tertiary/aromatic N) is 2. The monoisotopic (exact) mass is 313 g/mol. The lowest BCUT2D eigenvalue weighted by atomic mass is 9.61. The zero-order chi connectivity index (χ0) is 15.0. The number of halogens is 2. The van der Waals surface area contributed by atoms with Crippen LogP contribution in [0.3, 0.4) is 0 Å². The van der Waals surface area contributed by atoms with Gasteiger partial charge in [-0.05, 0) is 49.1 Å². The zero-order valence-corrected chi connectivity index (χ0v) is 12.4. The van der Waals surface area contributed by atoms with Crippen molar-refractivity contribution in [2.24, 2.45) is 17.8 Å². The third-order valence-corrected chi connectivity index (χ3v) is 4.89. The van der Waals surface area contributed by atoms with Gasteiger partial charge in [0.1, 0.15) is 0 Å². The molecular weight excluding hydrogens is 297 g/mol. The maximum absolute atomic E-state index is 13.8. The molecule has 4 rings (SSSR count). The van der Waals surface area contributed by atoms with Crippen molar-refractivity contribution in [3.05, 3.63) is 17.3 Å². The molecule has 0 radical (unpaired) electrons. The van der Waals surface area contributed by atoms with E-state index in [0.717, 1.165) is 31.9 Å². The van der Waals surface area contributed by atoms with Crippen molar-refractivity contribution in [2.45, 2.75) is 31.7 Å². The predicted molar refractivity (Wildman–Crippen MR) is 75.4 cm³/mol. The van der Waals surface area contributed by atoms with E-state index in [1.165, 1.54) is 7.11 Å². The average molecular weight is 314 g/mol. The maximum atomic E-state index is 13.8. The molecule has 7 heteroatoms. The summed E-state index contributed by atoms with van der Waals surface area (Å²) in [6, 6.07) is -0.162. The van der Waals surface area contributed by atoms with Gasteiger partial charge < -0.3 is 10.1 Å². The summed E-state index contributed by atoms with van der Waals surface area (Å²) in [6.45, 7) is 0. The molecule has 5 nitrogen and oxygen atoms in total. The average Bonchev–Trinajstić information content (AvgIpc) is 2.51. The first-order valence-electron chi connectivity index (χ1n) is 7.12. The highest BCUT2D eigenvalue weighted by Gasteiger charge is 2.48. The summed E-state index contributed by atoms with van der Waals surface area (Å²) in [5.41, 5.74) is 0. The molecule has 3 saturated carbocycles. The van der Waals surface area contributed by atoms with E-state index < -0.39 is 5.82 Å². The largest absolute Gasteiger partial charge is 0.469 e. The number of aromatic nitrogens is 2. The highest BCUT2D eigenvalue weighted by Crippen LogP contribution is 2.46. The molecule has 1 heterocycles. The summed E-state index contributed by atoms with van der Waals surface area (Å²) in [4.78, 5) is 19.6. The fourth-order valence-electron chi connectivity index (χ4n) is 3.74. The second kappa shape index (κ2) is 5.75. The number of fused-ring (bicyclic) bond motifs is 3. The number of hydrogen-bond donors (Lipinski definition) is 1. The normalized spacial score (nSPS) is 31.0. The lowest BCUT2D eigenvalue weighted by Gasteiger charge is -2.47. The fraction of sp³-hybridized carbons (Fsp3) is 0.643. The summed E-state index contributed by atoms with van der Waals surface area (Å²) >= 11 is 5.72. The van der Waals surface area contributed by atoms with Crippen LogP contribution in [-0.4, -0.2) is 29.1 Å². The number of rotatable bonds is 3. The van der Waals surface area contributed by atoms with Gasteiger partial charge in [0.15, 0.2) is 11.6 Å². The van der Waals surface area contributed by atoms with Crippen LogP contribution >= 0.6 is 11.6 Å². The van der Waals surface area contributed by atoms with E-state index in [1.807, 2.05) is 0 Å². The van der Waals surface area contributed by atoms with E-state index in [9.17, 15) is 9.18 Å². The zero-order valence-electron chi connectivity index (χ0n) is 11.7. The molecule has 1 aromatic rings. The maximum Gasteiger partial charge on any atom is 0.311 e. The SMILES string of the molecule is COC(=O)C1C2CCC(CC2)C1Nc1nc(Cl)ncc1F. The lowest BCUT2D eigenvalue weighted by Crippen LogP contribution is -2.52. The minimum Gasteiger partial charge on any atom is -0.469 e. The van der Waals surface area contributed by atoms with Crippen LogP contribution in [0.4, 0.5) is 10.2 Å². The van der Waals surface area contributed by atoms with E-state index in [-0.39, 0.29) is 29.0 Å². The second-order valence-electron chi connectivity index (χ2n) is 5.73. The molecule has 1 aromatic heterocycles. The van der Waals surface area contributed by atoms with Gasteiger partial charge in [-0.2, -0.15) is 4.98 Å². The number of methoxy groups -OCH3 is 1. The van der Waals surface area contributed by atoms with Crippen LogP contribution in [-0.2, 0) is 9.53 Å². The van der Waals surface area contributed by atoms with Gasteiger partial charge in [-0.3, -0.25) is 4.79 Å². The molecule has 21 heavy (non-hydrogen) atoms. The summed E-state index contributed by atoms with van der Waals surface area (Å²) < 4.78 is 18.7. The predicted octanol–water partition coefficient (Wildman–Crippen LogP) is 2.66. The fourth-order valence-corrected chi connectivity index (χ4v) is 3.87. The smallest absolute Gasteiger partial charge is 0.311 e. The number of anilines is 1. The molecule has 2 bridgehead atoms. The Labute approximate surface area is 127 Å². The van der Waals surface area contributed by atoms with Gasteiger partial charge >= 0.3 is 5.97 Å². The van der Waals surface area contributed by atoms with Crippen LogP contribution in [0.2, 0.25) is 5.28 Å². The molecule has 2 unspecified atom stereocenters. The molecule has 0 amide bonds. The minimum atomic E-state index is -0.565. The van der Waals surface area contributed by atoms with Crippen molar-refractivity contribution in [3.8, 4) is 0 Å². The van der Waals surface area contributed by atoms with E-state index in [4.69, 9.17) is 16.3 Å². The topological polar surface area (TPSA) is 64.1 Å². The van der Waals surface area contributed by atoms with Crippen molar-refractivity contribution >= 4 is 23.4 Å². The summed E-state index contributed by atoms with van der Waals surface area (Å²) in [7, 11) is 1.39. The Morgan fingerprint density at radius 2 is 2.05 bits per heavy atom. The van der Waals surface area contributed by atoms with Gasteiger partial charge in [0.2, 0.25) is 5.28 Å². The van der Waals surface area contributed by atoms with Crippen LogP contribution in [0.1, 0.15) is 25.7 Å². The van der Waals surface area contributed by atoms with Gasteiger partial charge in [0, 0.05) is 6.04 Å². The Kier molecular flexibility index (Phi) is 3.97. The highest BCUT2D eigenvalue weighted by atomic mass is 35.5. The number of esters is 1. The molecule has 3 fully saturated rings. The van der Waals surface area contributed by atoms with Crippen LogP contribution < -0.4 is 5.32 Å². The minimum absolute atomic E-state index is 0.0190.